The first-order valence-electron chi connectivity index (χ1n) is 6.17. The average molecular weight is 252 g/mol. The summed E-state index contributed by atoms with van der Waals surface area (Å²) in [5, 5.41) is 3.17. The molecule has 0 spiro atoms. The lowest BCUT2D eigenvalue weighted by atomic mass is 10.1. The first-order valence-corrected chi connectivity index (χ1v) is 6.17. The summed E-state index contributed by atoms with van der Waals surface area (Å²) in [6, 6.07) is 1.78. The molecule has 0 atom stereocenters. The zero-order valence-corrected chi connectivity index (χ0v) is 10.4. The Balaban J connectivity index is 1.99. The Hall–Kier alpha value is -1.49. The molecule has 0 unspecified atom stereocenters. The third kappa shape index (κ3) is 2.85. The van der Waals surface area contributed by atoms with Gasteiger partial charge < -0.3 is 10.1 Å². The van der Waals surface area contributed by atoms with Crippen LogP contribution >= 0.6 is 0 Å². The molecule has 0 radical (unpaired) electrons. The first-order chi connectivity index (χ1) is 8.72. The van der Waals surface area contributed by atoms with Crippen LogP contribution in [-0.4, -0.2) is 30.5 Å². The van der Waals surface area contributed by atoms with E-state index in [0.29, 0.717) is 6.04 Å². The molecule has 0 saturated heterocycles. The lowest BCUT2D eigenvalue weighted by molar-refractivity contribution is 0.0982. The van der Waals surface area contributed by atoms with Crippen LogP contribution in [0, 0.1) is 5.82 Å². The van der Waals surface area contributed by atoms with Gasteiger partial charge in [-0.15, -0.1) is 0 Å². The number of methoxy groups -OCH3 is 1. The van der Waals surface area contributed by atoms with Crippen molar-refractivity contribution in [3.8, 4) is 5.88 Å². The summed E-state index contributed by atoms with van der Waals surface area (Å²) in [7, 11) is 1.33. The lowest BCUT2D eigenvalue weighted by Crippen LogP contribution is -2.31. The monoisotopic (exact) mass is 252 g/mol. The molecule has 1 N–H and O–H groups in total. The Bertz CT molecular complexity index is 431. The fourth-order valence-corrected chi connectivity index (χ4v) is 2.24. The number of hydrogen-bond donors (Lipinski definition) is 1. The van der Waals surface area contributed by atoms with Gasteiger partial charge in [0.25, 0.3) is 5.88 Å². The third-order valence-electron chi connectivity index (χ3n) is 3.26. The van der Waals surface area contributed by atoms with Gasteiger partial charge in [0.1, 0.15) is 0 Å². The molecule has 18 heavy (non-hydrogen) atoms. The first kappa shape index (κ1) is 13.0. The Morgan fingerprint density at radius 2 is 2.28 bits per heavy atom. The molecular weight excluding hydrogens is 235 g/mol. The van der Waals surface area contributed by atoms with Crippen LogP contribution < -0.4 is 10.1 Å². The van der Waals surface area contributed by atoms with Gasteiger partial charge in [0, 0.05) is 12.2 Å². The van der Waals surface area contributed by atoms with Gasteiger partial charge in [-0.1, -0.05) is 12.8 Å². The number of halogens is 1. The molecule has 5 heteroatoms. The van der Waals surface area contributed by atoms with E-state index in [1.807, 2.05) is 0 Å². The number of ketones is 1. The van der Waals surface area contributed by atoms with Crippen molar-refractivity contribution in [3.63, 3.8) is 0 Å². The van der Waals surface area contributed by atoms with Gasteiger partial charge in [-0.2, -0.15) is 0 Å². The molecule has 0 aliphatic heterocycles. The van der Waals surface area contributed by atoms with Crippen molar-refractivity contribution in [2.24, 2.45) is 0 Å². The lowest BCUT2D eigenvalue weighted by Gasteiger charge is -2.11. The van der Waals surface area contributed by atoms with Crippen molar-refractivity contribution in [1.29, 1.82) is 0 Å². The molecule has 1 heterocycles. The predicted octanol–water partition coefficient (Wildman–Crippen LogP) is 1.94. The maximum absolute atomic E-state index is 13.8. The Labute approximate surface area is 106 Å². The van der Waals surface area contributed by atoms with E-state index in [1.54, 1.807) is 0 Å². The molecule has 2 rings (SSSR count). The number of pyridine rings is 1. The highest BCUT2D eigenvalue weighted by Gasteiger charge is 2.19. The molecule has 0 aromatic carbocycles. The Morgan fingerprint density at radius 3 is 2.94 bits per heavy atom. The number of rotatable bonds is 5. The van der Waals surface area contributed by atoms with Crippen LogP contribution in [0.25, 0.3) is 0 Å². The smallest absolute Gasteiger partial charge is 0.250 e. The second kappa shape index (κ2) is 5.91. The zero-order valence-electron chi connectivity index (χ0n) is 10.4. The van der Waals surface area contributed by atoms with Crippen molar-refractivity contribution in [2.45, 2.75) is 31.7 Å². The second-order valence-electron chi connectivity index (χ2n) is 4.47. The van der Waals surface area contributed by atoms with Crippen molar-refractivity contribution in [1.82, 2.24) is 10.3 Å². The fraction of sp³-hybridized carbons (Fsp3) is 0.538. The molecule has 1 fully saturated rings. The van der Waals surface area contributed by atoms with E-state index in [0.717, 1.165) is 12.8 Å². The summed E-state index contributed by atoms with van der Waals surface area (Å²) in [6.45, 7) is 0.161. The maximum atomic E-state index is 13.8. The number of nitrogens with zero attached hydrogens (tertiary/aromatic N) is 1. The molecule has 1 saturated carbocycles. The van der Waals surface area contributed by atoms with Gasteiger partial charge >= 0.3 is 0 Å². The normalized spacial score (nSPS) is 15.9. The standard InChI is InChI=1S/C13H17FN2O2/c1-18-13-12(14)10(6-7-15-13)11(17)8-16-9-4-2-3-5-9/h6-7,9,16H,2-5,8H2,1H3. The zero-order chi connectivity index (χ0) is 13.0. The van der Waals surface area contributed by atoms with Crippen LogP contribution in [0.2, 0.25) is 0 Å². The van der Waals surface area contributed by atoms with Gasteiger partial charge in [-0.25, -0.2) is 9.37 Å². The summed E-state index contributed by atoms with van der Waals surface area (Å²) in [6.07, 6.45) is 5.96. The molecule has 1 aromatic heterocycles. The van der Waals surface area contributed by atoms with Crippen LogP contribution in [-0.2, 0) is 0 Å². The minimum atomic E-state index is -0.682. The molecular formula is C13H17FN2O2. The van der Waals surface area contributed by atoms with E-state index in [1.165, 1.54) is 32.2 Å². The number of ether oxygens (including phenoxy) is 1. The van der Waals surface area contributed by atoms with Crippen molar-refractivity contribution >= 4 is 5.78 Å². The summed E-state index contributed by atoms with van der Waals surface area (Å²) in [5.41, 5.74) is 0.0346. The molecule has 4 nitrogen and oxygen atoms in total. The van der Waals surface area contributed by atoms with Gasteiger partial charge in [-0.3, -0.25) is 4.79 Å². The van der Waals surface area contributed by atoms with Gasteiger partial charge in [0.15, 0.2) is 11.6 Å². The minimum absolute atomic E-state index is 0.0346. The summed E-state index contributed by atoms with van der Waals surface area (Å²) in [5.74, 6) is -1.08. The highest BCUT2D eigenvalue weighted by atomic mass is 19.1. The van der Waals surface area contributed by atoms with Gasteiger partial charge in [-0.05, 0) is 18.9 Å². The molecule has 98 valence electrons. The predicted molar refractivity (Wildman–Crippen MR) is 65.3 cm³/mol. The van der Waals surface area contributed by atoms with Crippen LogP contribution in [0.5, 0.6) is 5.88 Å². The van der Waals surface area contributed by atoms with Crippen LogP contribution in [0.1, 0.15) is 36.0 Å². The highest BCUT2D eigenvalue weighted by Crippen LogP contribution is 2.19. The molecule has 0 bridgehead atoms. The van der Waals surface area contributed by atoms with E-state index < -0.39 is 5.82 Å². The van der Waals surface area contributed by atoms with Gasteiger partial charge in [0.2, 0.25) is 0 Å². The SMILES string of the molecule is COc1nccc(C(=O)CNC2CCCC2)c1F. The summed E-state index contributed by atoms with van der Waals surface area (Å²) < 4.78 is 18.5. The Kier molecular flexibility index (Phi) is 4.25. The van der Waals surface area contributed by atoms with Crippen molar-refractivity contribution < 1.29 is 13.9 Å². The Morgan fingerprint density at radius 1 is 1.56 bits per heavy atom. The summed E-state index contributed by atoms with van der Waals surface area (Å²) in [4.78, 5) is 15.6. The highest BCUT2D eigenvalue weighted by molar-refractivity contribution is 5.98. The van der Waals surface area contributed by atoms with Gasteiger partial charge in [0.05, 0.1) is 19.2 Å². The molecule has 1 aliphatic rings. The van der Waals surface area contributed by atoms with E-state index >= 15 is 0 Å². The topological polar surface area (TPSA) is 51.2 Å². The van der Waals surface area contributed by atoms with Crippen LogP contribution in [0.4, 0.5) is 4.39 Å². The van der Waals surface area contributed by atoms with E-state index in [4.69, 9.17) is 4.74 Å². The fourth-order valence-electron chi connectivity index (χ4n) is 2.24. The molecule has 0 amide bonds. The van der Waals surface area contributed by atoms with Crippen LogP contribution in [0.3, 0.4) is 0 Å². The number of nitrogens with one attached hydrogen (secondary N) is 1. The largest absolute Gasteiger partial charge is 0.479 e. The number of aromatic nitrogens is 1. The van der Waals surface area contributed by atoms with E-state index in [-0.39, 0.29) is 23.8 Å². The van der Waals surface area contributed by atoms with Crippen molar-refractivity contribution in [3.05, 3.63) is 23.6 Å². The van der Waals surface area contributed by atoms with Crippen molar-refractivity contribution in [2.75, 3.05) is 13.7 Å². The summed E-state index contributed by atoms with van der Waals surface area (Å²) >= 11 is 0. The van der Waals surface area contributed by atoms with E-state index in [2.05, 4.69) is 10.3 Å². The minimum Gasteiger partial charge on any atom is -0.479 e. The molecule has 1 aromatic rings. The quantitative estimate of drug-likeness (QED) is 0.814. The third-order valence-corrected chi connectivity index (χ3v) is 3.26. The molecule has 1 aliphatic carbocycles. The second-order valence-corrected chi connectivity index (χ2v) is 4.47. The number of hydrogen-bond acceptors (Lipinski definition) is 4. The average Bonchev–Trinajstić information content (AvgIpc) is 2.89. The van der Waals surface area contributed by atoms with Crippen LogP contribution in [0.15, 0.2) is 12.3 Å². The van der Waals surface area contributed by atoms with E-state index in [9.17, 15) is 9.18 Å². The maximum Gasteiger partial charge on any atom is 0.250 e. The number of carbonyl (C=O) groups excluding carboxylic acids is 1. The number of carbonyl (C=O) groups is 1. The number of Topliss-reactive ketones (excluding diaryl/α,β-unsaturated/α-hetero) is 1.